The largest absolute Gasteiger partial charge is 0.505 e. The van der Waals surface area contributed by atoms with Crippen molar-refractivity contribution in [3.8, 4) is 5.75 Å². The summed E-state index contributed by atoms with van der Waals surface area (Å²) in [6, 6.07) is 8.73. The molecule has 0 radical (unpaired) electrons. The maximum atomic E-state index is 14.2. The van der Waals surface area contributed by atoms with Crippen molar-refractivity contribution in [3.05, 3.63) is 64.1 Å². The number of aromatic hydroxyl groups is 1. The molecule has 0 spiro atoms. The molecule has 158 valence electrons. The summed E-state index contributed by atoms with van der Waals surface area (Å²) in [5, 5.41) is 10.7. The van der Waals surface area contributed by atoms with Gasteiger partial charge in [0, 0.05) is 27.7 Å². The molecule has 0 saturated heterocycles. The first-order valence-corrected chi connectivity index (χ1v) is 9.85. The Morgan fingerprint density at radius 1 is 1.20 bits per heavy atom. The molecule has 1 heterocycles. The lowest BCUT2D eigenvalue weighted by Crippen LogP contribution is -2.27. The minimum atomic E-state index is -0.864. The monoisotopic (exact) mass is 431 g/mol. The fourth-order valence-corrected chi connectivity index (χ4v) is 3.71. The normalized spacial score (nSPS) is 12.8. The molecule has 30 heavy (non-hydrogen) atoms. The van der Waals surface area contributed by atoms with Crippen LogP contribution >= 0.6 is 11.6 Å². The van der Waals surface area contributed by atoms with Gasteiger partial charge in [-0.1, -0.05) is 17.7 Å². The molecule has 0 aliphatic carbocycles. The molecule has 5 nitrogen and oxygen atoms in total. The third kappa shape index (κ3) is 4.05. The Hall–Kier alpha value is -2.86. The second-order valence-electron chi connectivity index (χ2n) is 8.23. The van der Waals surface area contributed by atoms with Gasteiger partial charge in [-0.15, -0.1) is 0 Å². The summed E-state index contributed by atoms with van der Waals surface area (Å²) in [6.45, 7) is 8.62. The Kier molecular flexibility index (Phi) is 5.65. The van der Waals surface area contributed by atoms with Gasteiger partial charge in [-0.3, -0.25) is 14.2 Å². The second-order valence-corrected chi connectivity index (χ2v) is 8.66. The first-order chi connectivity index (χ1) is 13.9. The number of hydrogen-bond acceptors (Lipinski definition) is 4. The molecule has 0 fully saturated rings. The summed E-state index contributed by atoms with van der Waals surface area (Å²) in [6.07, 6.45) is 0. The van der Waals surface area contributed by atoms with Gasteiger partial charge in [0.1, 0.15) is 5.60 Å². The van der Waals surface area contributed by atoms with Crippen LogP contribution in [-0.4, -0.2) is 27.2 Å². The Bertz CT molecular complexity index is 1160. The van der Waals surface area contributed by atoms with E-state index >= 15 is 0 Å². The van der Waals surface area contributed by atoms with Gasteiger partial charge < -0.3 is 9.84 Å². The molecule has 1 N–H and O–H groups in total. The van der Waals surface area contributed by atoms with E-state index in [0.717, 1.165) is 6.07 Å². The molecule has 7 heteroatoms. The van der Waals surface area contributed by atoms with Crippen molar-refractivity contribution in [2.45, 2.75) is 46.1 Å². The zero-order valence-corrected chi connectivity index (χ0v) is 18.2. The number of rotatable bonds is 3. The highest BCUT2D eigenvalue weighted by atomic mass is 35.5. The summed E-state index contributed by atoms with van der Waals surface area (Å²) in [7, 11) is 0. The van der Waals surface area contributed by atoms with Crippen LogP contribution in [0.1, 0.15) is 55.2 Å². The van der Waals surface area contributed by atoms with Gasteiger partial charge in [-0.25, -0.2) is 4.39 Å². The molecule has 0 aliphatic heterocycles. The Labute approximate surface area is 179 Å². The van der Waals surface area contributed by atoms with Gasteiger partial charge in [-0.05, 0) is 64.4 Å². The average Bonchev–Trinajstić information content (AvgIpc) is 2.90. The standard InChI is InChI=1S/C23H23ClFNO4/c1-12(22(29)30-23(3,4)5)20-13(2)26(18-11-17(25)19(27)10-16(18)20)21(28)14-7-6-8-15(24)9-14/h6-12,27H,1-5H3. The molecule has 0 bridgehead atoms. The van der Waals surface area contributed by atoms with Gasteiger partial charge in [0.2, 0.25) is 0 Å². The molecule has 3 aromatic rings. The number of ether oxygens (including phenoxy) is 1. The molecule has 1 atom stereocenters. The molecule has 2 aromatic carbocycles. The summed E-state index contributed by atoms with van der Waals surface area (Å²) < 4.78 is 21.0. The molecule has 0 saturated carbocycles. The average molecular weight is 432 g/mol. The minimum absolute atomic E-state index is 0.248. The Morgan fingerprint density at radius 2 is 1.87 bits per heavy atom. The fraction of sp³-hybridized carbons (Fsp3) is 0.304. The van der Waals surface area contributed by atoms with E-state index in [2.05, 4.69) is 0 Å². The third-order valence-electron chi connectivity index (χ3n) is 4.79. The summed E-state index contributed by atoms with van der Waals surface area (Å²) >= 11 is 6.02. The SMILES string of the molecule is Cc1c(C(C)C(=O)OC(C)(C)C)c2cc(O)c(F)cc2n1C(=O)c1cccc(Cl)c1. The zero-order valence-electron chi connectivity index (χ0n) is 17.4. The predicted molar refractivity (Wildman–Crippen MR) is 114 cm³/mol. The van der Waals surface area contributed by atoms with Crippen molar-refractivity contribution >= 4 is 34.4 Å². The smallest absolute Gasteiger partial charge is 0.313 e. The number of esters is 1. The molecule has 1 unspecified atom stereocenters. The van der Waals surface area contributed by atoms with Crippen LogP contribution in [0, 0.1) is 12.7 Å². The number of halogens is 2. The highest BCUT2D eigenvalue weighted by molar-refractivity contribution is 6.31. The van der Waals surface area contributed by atoms with E-state index in [0.29, 0.717) is 27.2 Å². The van der Waals surface area contributed by atoms with Crippen LogP contribution in [0.2, 0.25) is 5.02 Å². The topological polar surface area (TPSA) is 68.5 Å². The van der Waals surface area contributed by atoms with Crippen molar-refractivity contribution < 1.29 is 23.8 Å². The number of fused-ring (bicyclic) bond motifs is 1. The van der Waals surface area contributed by atoms with Gasteiger partial charge in [0.25, 0.3) is 5.91 Å². The van der Waals surface area contributed by atoms with E-state index in [1.54, 1.807) is 52.8 Å². The lowest BCUT2D eigenvalue weighted by molar-refractivity contribution is -0.156. The molecular weight excluding hydrogens is 409 g/mol. The van der Waals surface area contributed by atoms with Gasteiger partial charge >= 0.3 is 5.97 Å². The first-order valence-electron chi connectivity index (χ1n) is 9.47. The maximum Gasteiger partial charge on any atom is 0.313 e. The first kappa shape index (κ1) is 21.8. The van der Waals surface area contributed by atoms with Crippen molar-refractivity contribution in [1.82, 2.24) is 4.57 Å². The number of benzene rings is 2. The number of nitrogens with zero attached hydrogens (tertiary/aromatic N) is 1. The van der Waals surface area contributed by atoms with E-state index in [1.165, 1.54) is 16.7 Å². The quantitative estimate of drug-likeness (QED) is 0.549. The summed E-state index contributed by atoms with van der Waals surface area (Å²) in [5.41, 5.74) is 0.816. The number of carbonyl (C=O) groups is 2. The van der Waals surface area contributed by atoms with Crippen LogP contribution < -0.4 is 0 Å². The number of aromatic nitrogens is 1. The van der Waals surface area contributed by atoms with E-state index in [-0.39, 0.29) is 5.52 Å². The van der Waals surface area contributed by atoms with Crippen LogP contribution in [0.5, 0.6) is 5.75 Å². The van der Waals surface area contributed by atoms with Crippen LogP contribution in [-0.2, 0) is 9.53 Å². The van der Waals surface area contributed by atoms with Gasteiger partial charge in [-0.2, -0.15) is 0 Å². The Morgan fingerprint density at radius 3 is 2.47 bits per heavy atom. The highest BCUT2D eigenvalue weighted by Gasteiger charge is 2.30. The van der Waals surface area contributed by atoms with Crippen LogP contribution in [0.3, 0.4) is 0 Å². The number of carbonyl (C=O) groups excluding carboxylic acids is 2. The van der Waals surface area contributed by atoms with E-state index in [1.807, 2.05) is 0 Å². The minimum Gasteiger partial charge on any atom is -0.505 e. The van der Waals surface area contributed by atoms with Crippen molar-refractivity contribution in [3.63, 3.8) is 0 Å². The molecule has 0 amide bonds. The zero-order chi connectivity index (χ0) is 22.4. The van der Waals surface area contributed by atoms with Crippen molar-refractivity contribution in [2.75, 3.05) is 0 Å². The Balaban J connectivity index is 2.24. The number of phenolic OH excluding ortho intramolecular Hbond substituents is 1. The van der Waals surface area contributed by atoms with Gasteiger partial charge in [0.05, 0.1) is 11.4 Å². The van der Waals surface area contributed by atoms with Crippen LogP contribution in [0.4, 0.5) is 4.39 Å². The molecular formula is C23H23ClFNO4. The second kappa shape index (κ2) is 7.76. The van der Waals surface area contributed by atoms with Crippen LogP contribution in [0.25, 0.3) is 10.9 Å². The van der Waals surface area contributed by atoms with Crippen LogP contribution in [0.15, 0.2) is 36.4 Å². The number of phenols is 1. The molecule has 1 aromatic heterocycles. The van der Waals surface area contributed by atoms with Crippen molar-refractivity contribution in [2.24, 2.45) is 0 Å². The summed E-state index contributed by atoms with van der Waals surface area (Å²) in [4.78, 5) is 26.0. The summed E-state index contributed by atoms with van der Waals surface area (Å²) in [5.74, 6) is -3.08. The predicted octanol–water partition coefficient (Wildman–Crippen LogP) is 5.58. The number of hydrogen-bond donors (Lipinski definition) is 1. The molecule has 3 rings (SSSR count). The fourth-order valence-electron chi connectivity index (χ4n) is 3.52. The lowest BCUT2D eigenvalue weighted by Gasteiger charge is -2.22. The third-order valence-corrected chi connectivity index (χ3v) is 5.02. The van der Waals surface area contributed by atoms with Crippen molar-refractivity contribution in [1.29, 1.82) is 0 Å². The lowest BCUT2D eigenvalue weighted by atomic mass is 9.97. The van der Waals surface area contributed by atoms with E-state index in [4.69, 9.17) is 16.3 Å². The van der Waals surface area contributed by atoms with E-state index < -0.39 is 35.0 Å². The van der Waals surface area contributed by atoms with E-state index in [9.17, 15) is 19.1 Å². The maximum absolute atomic E-state index is 14.2. The highest BCUT2D eigenvalue weighted by Crippen LogP contribution is 2.36. The van der Waals surface area contributed by atoms with Gasteiger partial charge in [0.15, 0.2) is 11.6 Å². The molecule has 0 aliphatic rings.